The summed E-state index contributed by atoms with van der Waals surface area (Å²) in [6.45, 7) is 2.24. The quantitative estimate of drug-likeness (QED) is 0.852. The number of alkyl halides is 3. The van der Waals surface area contributed by atoms with Gasteiger partial charge in [0.05, 0.1) is 18.8 Å². The second kappa shape index (κ2) is 5.26. The monoisotopic (exact) mass is 295 g/mol. The van der Waals surface area contributed by atoms with Gasteiger partial charge in [0.1, 0.15) is 10.8 Å². The molecule has 1 aromatic heterocycles. The van der Waals surface area contributed by atoms with Crippen LogP contribution < -0.4 is 0 Å². The van der Waals surface area contributed by atoms with Crippen molar-refractivity contribution < 1.29 is 23.0 Å². The van der Waals surface area contributed by atoms with Gasteiger partial charge in [0.2, 0.25) is 0 Å². The summed E-state index contributed by atoms with van der Waals surface area (Å²) in [6.07, 6.45) is -4.84. The third kappa shape index (κ3) is 3.19. The number of nitrogens with zero attached hydrogens (tertiary/aromatic N) is 1. The Hall–Kier alpha value is -0.850. The fourth-order valence-electron chi connectivity index (χ4n) is 2.15. The standard InChI is InChI=1S/C12H13ClF3NO2/c1-6-4-7(5-19-6)10(18)8-2-3-9(12(14,15)16)17-11(8)13/h2-3,6-7,10,18H,4-5H2,1H3. The van der Waals surface area contributed by atoms with Crippen LogP contribution >= 0.6 is 11.6 Å². The van der Waals surface area contributed by atoms with Gasteiger partial charge in [0, 0.05) is 11.5 Å². The van der Waals surface area contributed by atoms with E-state index in [0.717, 1.165) is 6.07 Å². The number of rotatable bonds is 2. The normalized spacial score (nSPS) is 25.6. The van der Waals surface area contributed by atoms with Crippen LogP contribution in [-0.2, 0) is 10.9 Å². The number of pyridine rings is 1. The highest BCUT2D eigenvalue weighted by Gasteiger charge is 2.35. The van der Waals surface area contributed by atoms with Crippen molar-refractivity contribution in [3.8, 4) is 0 Å². The topological polar surface area (TPSA) is 42.4 Å². The number of aliphatic hydroxyl groups is 1. The summed E-state index contributed by atoms with van der Waals surface area (Å²) in [5, 5.41) is 9.81. The molecule has 0 radical (unpaired) electrons. The lowest BCUT2D eigenvalue weighted by molar-refractivity contribution is -0.141. The van der Waals surface area contributed by atoms with Crippen LogP contribution in [0.4, 0.5) is 13.2 Å². The largest absolute Gasteiger partial charge is 0.433 e. The molecule has 1 aliphatic rings. The van der Waals surface area contributed by atoms with Crippen molar-refractivity contribution in [3.05, 3.63) is 28.5 Å². The molecule has 0 amide bonds. The fraction of sp³-hybridized carbons (Fsp3) is 0.583. The highest BCUT2D eigenvalue weighted by molar-refractivity contribution is 6.30. The maximum Gasteiger partial charge on any atom is 0.433 e. The fourth-order valence-corrected chi connectivity index (χ4v) is 2.41. The minimum atomic E-state index is -4.54. The average molecular weight is 296 g/mol. The van der Waals surface area contributed by atoms with Gasteiger partial charge in [-0.25, -0.2) is 4.98 Å². The van der Waals surface area contributed by atoms with E-state index in [0.29, 0.717) is 13.0 Å². The molecule has 0 spiro atoms. The maximum absolute atomic E-state index is 12.4. The van der Waals surface area contributed by atoms with Crippen LogP contribution in [0, 0.1) is 5.92 Å². The van der Waals surface area contributed by atoms with Crippen LogP contribution in [0.1, 0.15) is 30.7 Å². The maximum atomic E-state index is 12.4. The summed E-state index contributed by atoms with van der Waals surface area (Å²) in [5.41, 5.74) is -0.859. The van der Waals surface area contributed by atoms with Crippen LogP contribution in [0.2, 0.25) is 5.15 Å². The van der Waals surface area contributed by atoms with E-state index in [2.05, 4.69) is 4.98 Å². The summed E-state index contributed by atoms with van der Waals surface area (Å²) < 4.78 is 42.7. The van der Waals surface area contributed by atoms with E-state index in [1.165, 1.54) is 6.07 Å². The van der Waals surface area contributed by atoms with Crippen LogP contribution in [0.5, 0.6) is 0 Å². The zero-order valence-corrected chi connectivity index (χ0v) is 10.9. The SMILES string of the molecule is CC1CC(C(O)c2ccc(C(F)(F)F)nc2Cl)CO1. The number of hydrogen-bond acceptors (Lipinski definition) is 3. The molecule has 0 bridgehead atoms. The molecule has 7 heteroatoms. The molecule has 106 valence electrons. The van der Waals surface area contributed by atoms with Crippen molar-refractivity contribution in [2.24, 2.45) is 5.92 Å². The summed E-state index contributed by atoms with van der Waals surface area (Å²) in [5.74, 6) is -0.175. The molecule has 1 fully saturated rings. The zero-order chi connectivity index (χ0) is 14.2. The lowest BCUT2D eigenvalue weighted by Gasteiger charge is -2.18. The molecule has 0 aliphatic carbocycles. The smallest absolute Gasteiger partial charge is 0.388 e. The lowest BCUT2D eigenvalue weighted by Crippen LogP contribution is -2.15. The molecule has 2 rings (SSSR count). The first-order valence-electron chi connectivity index (χ1n) is 5.82. The van der Waals surface area contributed by atoms with Crippen LogP contribution in [0.15, 0.2) is 12.1 Å². The van der Waals surface area contributed by atoms with Crippen molar-refractivity contribution >= 4 is 11.6 Å². The molecule has 1 saturated heterocycles. The van der Waals surface area contributed by atoms with Crippen LogP contribution in [0.3, 0.4) is 0 Å². The Morgan fingerprint density at radius 3 is 2.63 bits per heavy atom. The third-order valence-corrected chi connectivity index (χ3v) is 3.47. The van der Waals surface area contributed by atoms with E-state index in [1.54, 1.807) is 0 Å². The molecular formula is C12H13ClF3NO2. The van der Waals surface area contributed by atoms with Gasteiger partial charge >= 0.3 is 6.18 Å². The summed E-state index contributed by atoms with van der Waals surface area (Å²) >= 11 is 5.73. The Balaban J connectivity index is 2.21. The Bertz CT molecular complexity index is 467. The zero-order valence-electron chi connectivity index (χ0n) is 10.1. The Kier molecular flexibility index (Phi) is 4.03. The Labute approximate surface area is 113 Å². The van der Waals surface area contributed by atoms with E-state index in [-0.39, 0.29) is 22.7 Å². The Morgan fingerprint density at radius 2 is 2.16 bits per heavy atom. The minimum Gasteiger partial charge on any atom is -0.388 e. The first-order chi connectivity index (χ1) is 8.79. The predicted molar refractivity (Wildman–Crippen MR) is 62.7 cm³/mol. The van der Waals surface area contributed by atoms with Crippen molar-refractivity contribution in [2.45, 2.75) is 31.7 Å². The lowest BCUT2D eigenvalue weighted by atomic mass is 9.94. The molecule has 3 nitrogen and oxygen atoms in total. The molecule has 2 heterocycles. The first-order valence-corrected chi connectivity index (χ1v) is 6.20. The number of aromatic nitrogens is 1. The minimum absolute atomic E-state index is 0.0285. The third-order valence-electron chi connectivity index (χ3n) is 3.16. The second-order valence-electron chi connectivity index (χ2n) is 4.66. The van der Waals surface area contributed by atoms with Crippen LogP contribution in [-0.4, -0.2) is 22.8 Å². The van der Waals surface area contributed by atoms with Crippen molar-refractivity contribution in [3.63, 3.8) is 0 Å². The highest BCUT2D eigenvalue weighted by Crippen LogP contribution is 2.36. The molecule has 0 saturated carbocycles. The van der Waals surface area contributed by atoms with Gasteiger partial charge in [-0.1, -0.05) is 17.7 Å². The van der Waals surface area contributed by atoms with E-state index < -0.39 is 18.0 Å². The van der Waals surface area contributed by atoms with Crippen molar-refractivity contribution in [1.29, 1.82) is 0 Å². The highest BCUT2D eigenvalue weighted by atomic mass is 35.5. The molecule has 19 heavy (non-hydrogen) atoms. The number of aliphatic hydroxyl groups excluding tert-OH is 1. The van der Waals surface area contributed by atoms with Gasteiger partial charge in [0.25, 0.3) is 0 Å². The van der Waals surface area contributed by atoms with E-state index in [4.69, 9.17) is 16.3 Å². The number of ether oxygens (including phenoxy) is 1. The second-order valence-corrected chi connectivity index (χ2v) is 5.02. The van der Waals surface area contributed by atoms with Gasteiger partial charge in [-0.05, 0) is 19.4 Å². The van der Waals surface area contributed by atoms with E-state index in [9.17, 15) is 18.3 Å². The predicted octanol–water partition coefficient (Wildman–Crippen LogP) is 3.21. The van der Waals surface area contributed by atoms with Gasteiger partial charge < -0.3 is 9.84 Å². The summed E-state index contributed by atoms with van der Waals surface area (Å²) in [6, 6.07) is 2.00. The van der Waals surface area contributed by atoms with Crippen LogP contribution in [0.25, 0.3) is 0 Å². The average Bonchev–Trinajstić information content (AvgIpc) is 2.73. The number of halogens is 4. The van der Waals surface area contributed by atoms with Gasteiger partial charge in [0.15, 0.2) is 0 Å². The summed E-state index contributed by atoms with van der Waals surface area (Å²) in [4.78, 5) is 3.30. The van der Waals surface area contributed by atoms with Gasteiger partial charge in [-0.15, -0.1) is 0 Å². The molecule has 0 aromatic carbocycles. The molecule has 3 unspecified atom stereocenters. The van der Waals surface area contributed by atoms with Crippen molar-refractivity contribution in [2.75, 3.05) is 6.61 Å². The summed E-state index contributed by atoms with van der Waals surface area (Å²) in [7, 11) is 0. The number of hydrogen-bond donors (Lipinski definition) is 1. The van der Waals surface area contributed by atoms with E-state index >= 15 is 0 Å². The molecule has 1 N–H and O–H groups in total. The van der Waals surface area contributed by atoms with Crippen molar-refractivity contribution in [1.82, 2.24) is 4.98 Å². The molecular weight excluding hydrogens is 283 g/mol. The molecule has 1 aromatic rings. The molecule has 3 atom stereocenters. The van der Waals surface area contributed by atoms with E-state index in [1.807, 2.05) is 6.92 Å². The molecule has 1 aliphatic heterocycles. The van der Waals surface area contributed by atoms with Gasteiger partial charge in [-0.2, -0.15) is 13.2 Å². The Morgan fingerprint density at radius 1 is 1.47 bits per heavy atom. The van der Waals surface area contributed by atoms with Gasteiger partial charge in [-0.3, -0.25) is 0 Å². The first kappa shape index (κ1) is 14.6.